The first-order valence-corrected chi connectivity index (χ1v) is 8.95. The van der Waals surface area contributed by atoms with Gasteiger partial charge in [-0.3, -0.25) is 4.79 Å². The van der Waals surface area contributed by atoms with Crippen LogP contribution in [0.2, 0.25) is 0 Å². The molecule has 1 fully saturated rings. The van der Waals surface area contributed by atoms with Gasteiger partial charge in [-0.2, -0.15) is 16.1 Å². The Morgan fingerprint density at radius 3 is 2.33 bits per heavy atom. The SMILES string of the molecule is CC1CN(S(=O)(=O)c2ccc(C(N)=O)cc2N)CC(C)S1. The summed E-state index contributed by atoms with van der Waals surface area (Å²) in [5.41, 5.74) is 11.2. The molecule has 2 rings (SSSR count). The van der Waals surface area contributed by atoms with Crippen LogP contribution in [0.25, 0.3) is 0 Å². The Labute approximate surface area is 128 Å². The highest BCUT2D eigenvalue weighted by Crippen LogP contribution is 2.30. The van der Waals surface area contributed by atoms with E-state index in [2.05, 4.69) is 0 Å². The molecule has 2 atom stereocenters. The zero-order valence-corrected chi connectivity index (χ0v) is 13.6. The van der Waals surface area contributed by atoms with Crippen molar-refractivity contribution in [2.75, 3.05) is 18.8 Å². The van der Waals surface area contributed by atoms with Crippen LogP contribution in [0.5, 0.6) is 0 Å². The van der Waals surface area contributed by atoms with E-state index in [1.807, 2.05) is 13.8 Å². The fourth-order valence-electron chi connectivity index (χ4n) is 2.40. The number of nitrogen functional groups attached to an aromatic ring is 1. The highest BCUT2D eigenvalue weighted by atomic mass is 32.2. The maximum atomic E-state index is 12.7. The van der Waals surface area contributed by atoms with Gasteiger partial charge in [0.25, 0.3) is 0 Å². The van der Waals surface area contributed by atoms with Crippen LogP contribution in [0, 0.1) is 0 Å². The van der Waals surface area contributed by atoms with E-state index >= 15 is 0 Å². The maximum Gasteiger partial charge on any atom is 0.248 e. The average Bonchev–Trinajstić information content (AvgIpc) is 2.36. The van der Waals surface area contributed by atoms with Crippen molar-refractivity contribution in [2.24, 2.45) is 5.73 Å². The summed E-state index contributed by atoms with van der Waals surface area (Å²) < 4.78 is 26.9. The van der Waals surface area contributed by atoms with Gasteiger partial charge in [-0.15, -0.1) is 0 Å². The molecule has 1 heterocycles. The molecule has 1 amide bonds. The van der Waals surface area contributed by atoms with Crippen LogP contribution in [-0.4, -0.2) is 42.2 Å². The summed E-state index contributed by atoms with van der Waals surface area (Å²) >= 11 is 1.77. The molecule has 1 aliphatic rings. The Morgan fingerprint density at radius 2 is 1.86 bits per heavy atom. The second kappa shape index (κ2) is 5.86. The normalized spacial score (nSPS) is 23.9. The Morgan fingerprint density at radius 1 is 1.29 bits per heavy atom. The Kier molecular flexibility index (Phi) is 4.50. The van der Waals surface area contributed by atoms with Crippen LogP contribution in [0.3, 0.4) is 0 Å². The summed E-state index contributed by atoms with van der Waals surface area (Å²) in [6.45, 7) is 4.91. The number of sulfonamides is 1. The molecular formula is C13H19N3O3S2. The number of nitrogens with zero attached hydrogens (tertiary/aromatic N) is 1. The van der Waals surface area contributed by atoms with Gasteiger partial charge in [-0.25, -0.2) is 8.42 Å². The summed E-state index contributed by atoms with van der Waals surface area (Å²) in [7, 11) is -3.66. The summed E-state index contributed by atoms with van der Waals surface area (Å²) in [4.78, 5) is 11.1. The van der Waals surface area contributed by atoms with Crippen LogP contribution in [-0.2, 0) is 10.0 Å². The average molecular weight is 329 g/mol. The van der Waals surface area contributed by atoms with Crippen LogP contribution in [0.15, 0.2) is 23.1 Å². The minimum Gasteiger partial charge on any atom is -0.398 e. The zero-order chi connectivity index (χ0) is 15.8. The van der Waals surface area contributed by atoms with Gasteiger partial charge in [0.2, 0.25) is 15.9 Å². The van der Waals surface area contributed by atoms with Crippen molar-refractivity contribution in [3.8, 4) is 0 Å². The van der Waals surface area contributed by atoms with Gasteiger partial charge in [0.05, 0.1) is 5.69 Å². The van der Waals surface area contributed by atoms with Gasteiger partial charge in [0, 0.05) is 29.2 Å². The molecule has 0 saturated carbocycles. The van der Waals surface area contributed by atoms with Crippen molar-refractivity contribution >= 4 is 33.4 Å². The number of carbonyl (C=O) groups excluding carboxylic acids is 1. The number of hydrogen-bond acceptors (Lipinski definition) is 5. The highest BCUT2D eigenvalue weighted by molar-refractivity contribution is 8.00. The van der Waals surface area contributed by atoms with Gasteiger partial charge < -0.3 is 11.5 Å². The number of rotatable bonds is 3. The lowest BCUT2D eigenvalue weighted by Crippen LogP contribution is -2.44. The molecule has 0 spiro atoms. The summed E-state index contributed by atoms with van der Waals surface area (Å²) in [5.74, 6) is -0.637. The van der Waals surface area contributed by atoms with Crippen LogP contribution in [0.4, 0.5) is 5.69 Å². The second-order valence-electron chi connectivity index (χ2n) is 5.20. The van der Waals surface area contributed by atoms with Gasteiger partial charge in [-0.05, 0) is 18.2 Å². The van der Waals surface area contributed by atoms with Crippen molar-refractivity contribution in [3.05, 3.63) is 23.8 Å². The standard InChI is InChI=1S/C13H19N3O3S2/c1-8-6-16(7-9(2)20-8)21(18,19)12-4-3-10(13(15)17)5-11(12)14/h3-5,8-9H,6-7,14H2,1-2H3,(H2,15,17). The first kappa shape index (κ1) is 16.1. The van der Waals surface area contributed by atoms with E-state index in [0.29, 0.717) is 13.1 Å². The molecule has 116 valence electrons. The molecule has 0 aromatic heterocycles. The molecule has 1 saturated heterocycles. The lowest BCUT2D eigenvalue weighted by Gasteiger charge is -2.33. The smallest absolute Gasteiger partial charge is 0.248 e. The molecule has 1 aliphatic heterocycles. The molecule has 1 aromatic carbocycles. The van der Waals surface area contributed by atoms with Crippen LogP contribution < -0.4 is 11.5 Å². The number of thioether (sulfide) groups is 1. The molecule has 0 bridgehead atoms. The van der Waals surface area contributed by atoms with Crippen molar-refractivity contribution in [3.63, 3.8) is 0 Å². The number of primary amides is 1. The molecule has 8 heteroatoms. The highest BCUT2D eigenvalue weighted by Gasteiger charge is 2.33. The Balaban J connectivity index is 2.37. The topological polar surface area (TPSA) is 106 Å². The van der Waals surface area contributed by atoms with Crippen molar-refractivity contribution in [1.82, 2.24) is 4.31 Å². The van der Waals surface area contributed by atoms with E-state index in [4.69, 9.17) is 11.5 Å². The number of hydrogen-bond donors (Lipinski definition) is 2. The molecule has 4 N–H and O–H groups in total. The third-order valence-electron chi connectivity index (χ3n) is 3.30. The van der Waals surface area contributed by atoms with Gasteiger partial charge in [0.15, 0.2) is 0 Å². The van der Waals surface area contributed by atoms with E-state index in [-0.39, 0.29) is 26.6 Å². The maximum absolute atomic E-state index is 12.7. The second-order valence-corrected chi connectivity index (χ2v) is 8.98. The van der Waals surface area contributed by atoms with E-state index in [0.717, 1.165) is 0 Å². The molecular weight excluding hydrogens is 310 g/mol. The minimum absolute atomic E-state index is 0.0267. The minimum atomic E-state index is -3.66. The molecule has 1 aromatic rings. The largest absolute Gasteiger partial charge is 0.398 e. The summed E-state index contributed by atoms with van der Waals surface area (Å²) in [5, 5.41) is 0.462. The molecule has 21 heavy (non-hydrogen) atoms. The fourth-order valence-corrected chi connectivity index (χ4v) is 5.63. The van der Waals surface area contributed by atoms with Crippen molar-refractivity contribution in [2.45, 2.75) is 29.2 Å². The van der Waals surface area contributed by atoms with E-state index in [1.54, 1.807) is 11.8 Å². The zero-order valence-electron chi connectivity index (χ0n) is 11.9. The predicted octanol–water partition coefficient (Wildman–Crippen LogP) is 0.882. The van der Waals surface area contributed by atoms with Gasteiger partial charge >= 0.3 is 0 Å². The summed E-state index contributed by atoms with van der Waals surface area (Å²) in [6, 6.07) is 4.04. The monoisotopic (exact) mass is 329 g/mol. The first-order valence-electron chi connectivity index (χ1n) is 6.56. The lowest BCUT2D eigenvalue weighted by atomic mass is 10.2. The number of anilines is 1. The number of amides is 1. The quantitative estimate of drug-likeness (QED) is 0.801. The lowest BCUT2D eigenvalue weighted by molar-refractivity contribution is 0.1000. The van der Waals surface area contributed by atoms with Crippen molar-refractivity contribution in [1.29, 1.82) is 0 Å². The first-order chi connectivity index (χ1) is 9.71. The Bertz CT molecular complexity index is 651. The predicted molar refractivity (Wildman–Crippen MR) is 84.6 cm³/mol. The van der Waals surface area contributed by atoms with Gasteiger partial charge in [0.1, 0.15) is 4.90 Å². The third kappa shape index (κ3) is 3.33. The van der Waals surface area contributed by atoms with Crippen LogP contribution >= 0.6 is 11.8 Å². The molecule has 2 unspecified atom stereocenters. The van der Waals surface area contributed by atoms with E-state index in [1.165, 1.54) is 22.5 Å². The fraction of sp³-hybridized carbons (Fsp3) is 0.462. The van der Waals surface area contributed by atoms with Crippen LogP contribution in [0.1, 0.15) is 24.2 Å². The number of nitrogens with two attached hydrogens (primary N) is 2. The van der Waals surface area contributed by atoms with Crippen molar-refractivity contribution < 1.29 is 13.2 Å². The van der Waals surface area contributed by atoms with Gasteiger partial charge in [-0.1, -0.05) is 13.8 Å². The number of carbonyl (C=O) groups is 1. The summed E-state index contributed by atoms with van der Waals surface area (Å²) in [6.07, 6.45) is 0. The molecule has 6 nitrogen and oxygen atoms in total. The van der Waals surface area contributed by atoms with E-state index < -0.39 is 15.9 Å². The Hall–Kier alpha value is -1.25. The third-order valence-corrected chi connectivity index (χ3v) is 6.43. The molecule has 0 radical (unpaired) electrons. The molecule has 0 aliphatic carbocycles. The number of benzene rings is 1. The van der Waals surface area contributed by atoms with E-state index in [9.17, 15) is 13.2 Å².